The third-order valence-corrected chi connectivity index (χ3v) is 5.58. The first kappa shape index (κ1) is 19.4. The largest absolute Gasteiger partial charge is 0.494 e. The van der Waals surface area contributed by atoms with Crippen LogP contribution >= 0.6 is 0 Å². The number of nitrogens with one attached hydrogen (secondary N) is 2. The van der Waals surface area contributed by atoms with Gasteiger partial charge in [-0.25, -0.2) is 0 Å². The van der Waals surface area contributed by atoms with Gasteiger partial charge in [0, 0.05) is 42.6 Å². The molecule has 2 N–H and O–H groups in total. The predicted molar refractivity (Wildman–Crippen MR) is 120 cm³/mol. The molecule has 1 aromatic heterocycles. The molecule has 1 saturated heterocycles. The summed E-state index contributed by atoms with van der Waals surface area (Å²) in [5, 5.41) is 4.37. The number of benzene rings is 2. The number of rotatable bonds is 6. The zero-order chi connectivity index (χ0) is 20.2. The molecule has 0 bridgehead atoms. The molecule has 1 aliphatic rings. The molecule has 2 heterocycles. The quantitative estimate of drug-likeness (QED) is 0.635. The van der Waals surface area contributed by atoms with Gasteiger partial charge in [0.2, 0.25) is 0 Å². The van der Waals surface area contributed by atoms with E-state index in [0.29, 0.717) is 13.2 Å². The predicted octanol–water partition coefficient (Wildman–Crippen LogP) is 4.78. The lowest BCUT2D eigenvalue weighted by atomic mass is 10.00. The highest BCUT2D eigenvalue weighted by Crippen LogP contribution is 2.24. The maximum Gasteiger partial charge on any atom is 0.253 e. The van der Waals surface area contributed by atoms with E-state index < -0.39 is 0 Å². The van der Waals surface area contributed by atoms with Crippen LogP contribution in [0.3, 0.4) is 0 Å². The number of anilines is 2. The van der Waals surface area contributed by atoms with Crippen LogP contribution in [0.25, 0.3) is 10.9 Å². The van der Waals surface area contributed by atoms with Crippen LogP contribution < -0.4 is 20.5 Å². The van der Waals surface area contributed by atoms with Crippen LogP contribution in [-0.2, 0) is 6.54 Å². The Balaban J connectivity index is 1.44. The molecule has 29 heavy (non-hydrogen) atoms. The van der Waals surface area contributed by atoms with E-state index >= 15 is 0 Å². The van der Waals surface area contributed by atoms with Gasteiger partial charge in [-0.2, -0.15) is 0 Å². The van der Waals surface area contributed by atoms with E-state index in [1.807, 2.05) is 31.2 Å². The fourth-order valence-electron chi connectivity index (χ4n) is 4.02. The molecular weight excluding hydrogens is 362 g/mol. The van der Waals surface area contributed by atoms with Crippen LogP contribution in [0, 0.1) is 5.92 Å². The maximum absolute atomic E-state index is 12.5. The second-order valence-corrected chi connectivity index (χ2v) is 7.90. The monoisotopic (exact) mass is 391 g/mol. The molecule has 0 saturated carbocycles. The number of piperidine rings is 1. The van der Waals surface area contributed by atoms with Crippen LogP contribution in [0.5, 0.6) is 5.75 Å². The van der Waals surface area contributed by atoms with Crippen molar-refractivity contribution in [2.75, 3.05) is 29.9 Å². The maximum atomic E-state index is 12.5. The fraction of sp³-hybridized carbons (Fsp3) is 0.375. The number of pyridine rings is 1. The fourth-order valence-corrected chi connectivity index (χ4v) is 4.02. The summed E-state index contributed by atoms with van der Waals surface area (Å²) in [5.74, 6) is 1.52. The Hall–Kier alpha value is -2.95. The number of hydrogen-bond donors (Lipinski definition) is 2. The summed E-state index contributed by atoms with van der Waals surface area (Å²) in [6.45, 7) is 7.62. The second kappa shape index (κ2) is 8.60. The van der Waals surface area contributed by atoms with Crippen molar-refractivity contribution in [2.24, 2.45) is 5.92 Å². The first-order valence-corrected chi connectivity index (χ1v) is 10.5. The van der Waals surface area contributed by atoms with Gasteiger partial charge in [0.1, 0.15) is 5.75 Å². The lowest BCUT2D eigenvalue weighted by molar-refractivity contribution is 0.340. The highest BCUT2D eigenvalue weighted by Gasteiger charge is 2.16. The number of fused-ring (bicyclic) bond motifs is 1. The van der Waals surface area contributed by atoms with E-state index in [2.05, 4.69) is 46.4 Å². The highest BCUT2D eigenvalue weighted by atomic mass is 16.5. The Kier molecular flexibility index (Phi) is 5.74. The molecule has 1 aliphatic heterocycles. The summed E-state index contributed by atoms with van der Waals surface area (Å²) < 4.78 is 5.51. The van der Waals surface area contributed by atoms with E-state index in [-0.39, 0.29) is 5.56 Å². The van der Waals surface area contributed by atoms with Gasteiger partial charge < -0.3 is 19.9 Å². The van der Waals surface area contributed by atoms with Gasteiger partial charge in [0.15, 0.2) is 0 Å². The molecule has 1 fully saturated rings. The smallest absolute Gasteiger partial charge is 0.253 e. The topological polar surface area (TPSA) is 57.4 Å². The summed E-state index contributed by atoms with van der Waals surface area (Å²) in [6, 6.07) is 16.3. The number of nitrogens with zero attached hydrogens (tertiary/aromatic N) is 1. The second-order valence-electron chi connectivity index (χ2n) is 7.90. The van der Waals surface area contributed by atoms with Crippen molar-refractivity contribution in [1.29, 1.82) is 0 Å². The standard InChI is InChI=1S/C24H29N3O2/c1-3-29-22-11-6-18-13-19(24(28)26-23(18)14-22)15-25-20-7-9-21(10-8-20)27-12-4-5-17(2)16-27/h6-11,13-14,17,25H,3-5,12,15-16H2,1-2H3,(H,26,28). The molecule has 0 spiro atoms. The van der Waals surface area contributed by atoms with Crippen molar-refractivity contribution < 1.29 is 4.74 Å². The normalized spacial score (nSPS) is 16.8. The Morgan fingerprint density at radius 3 is 2.76 bits per heavy atom. The first-order valence-electron chi connectivity index (χ1n) is 10.5. The SMILES string of the molecule is CCOc1ccc2cc(CNc3ccc(N4CCCC(C)C4)cc3)c(=O)[nH]c2c1. The Morgan fingerprint density at radius 2 is 2.00 bits per heavy atom. The number of ether oxygens (including phenoxy) is 1. The summed E-state index contributed by atoms with van der Waals surface area (Å²) in [4.78, 5) is 17.9. The molecule has 0 radical (unpaired) electrons. The van der Waals surface area contributed by atoms with Crippen LogP contribution in [0.1, 0.15) is 32.3 Å². The van der Waals surface area contributed by atoms with Crippen molar-refractivity contribution in [3.05, 3.63) is 64.4 Å². The first-order chi connectivity index (χ1) is 14.1. The van der Waals surface area contributed by atoms with E-state index in [0.717, 1.165) is 46.9 Å². The number of hydrogen-bond acceptors (Lipinski definition) is 4. The van der Waals surface area contributed by atoms with Crippen LogP contribution in [0.4, 0.5) is 11.4 Å². The molecular formula is C24H29N3O2. The minimum absolute atomic E-state index is 0.0717. The van der Waals surface area contributed by atoms with Crippen molar-refractivity contribution in [3.8, 4) is 5.75 Å². The van der Waals surface area contributed by atoms with Crippen molar-refractivity contribution in [2.45, 2.75) is 33.2 Å². The van der Waals surface area contributed by atoms with Crippen molar-refractivity contribution in [1.82, 2.24) is 4.98 Å². The molecule has 2 aromatic carbocycles. The molecule has 5 heteroatoms. The van der Waals surface area contributed by atoms with Gasteiger partial charge in [0.05, 0.1) is 12.1 Å². The van der Waals surface area contributed by atoms with Crippen LogP contribution in [0.15, 0.2) is 53.3 Å². The lowest BCUT2D eigenvalue weighted by Crippen LogP contribution is -2.34. The van der Waals surface area contributed by atoms with Gasteiger partial charge in [-0.1, -0.05) is 6.92 Å². The zero-order valence-corrected chi connectivity index (χ0v) is 17.2. The summed E-state index contributed by atoms with van der Waals surface area (Å²) in [7, 11) is 0. The minimum Gasteiger partial charge on any atom is -0.494 e. The van der Waals surface area contributed by atoms with E-state index in [1.165, 1.54) is 18.5 Å². The molecule has 1 unspecified atom stereocenters. The van der Waals surface area contributed by atoms with Gasteiger partial charge in [-0.05, 0) is 73.5 Å². The Bertz CT molecular complexity index is 1030. The molecule has 5 nitrogen and oxygen atoms in total. The highest BCUT2D eigenvalue weighted by molar-refractivity contribution is 5.80. The van der Waals surface area contributed by atoms with E-state index in [1.54, 1.807) is 0 Å². The van der Waals surface area contributed by atoms with Gasteiger partial charge in [0.25, 0.3) is 5.56 Å². The summed E-state index contributed by atoms with van der Waals surface area (Å²) >= 11 is 0. The van der Waals surface area contributed by atoms with Crippen molar-refractivity contribution >= 4 is 22.3 Å². The third-order valence-electron chi connectivity index (χ3n) is 5.58. The summed E-state index contributed by atoms with van der Waals surface area (Å²) in [6.07, 6.45) is 2.58. The molecule has 0 amide bonds. The van der Waals surface area contributed by atoms with Gasteiger partial charge in [-0.15, -0.1) is 0 Å². The Labute approximate surface area is 171 Å². The average Bonchev–Trinajstić information content (AvgIpc) is 2.73. The van der Waals surface area contributed by atoms with Crippen molar-refractivity contribution in [3.63, 3.8) is 0 Å². The van der Waals surface area contributed by atoms with E-state index in [4.69, 9.17) is 4.74 Å². The molecule has 4 rings (SSSR count). The van der Waals surface area contributed by atoms with Gasteiger partial charge in [-0.3, -0.25) is 4.79 Å². The molecule has 0 aliphatic carbocycles. The zero-order valence-electron chi connectivity index (χ0n) is 17.2. The van der Waals surface area contributed by atoms with Crippen LogP contribution in [-0.4, -0.2) is 24.7 Å². The summed E-state index contributed by atoms with van der Waals surface area (Å²) in [5.41, 5.74) is 3.73. The third kappa shape index (κ3) is 4.56. The minimum atomic E-state index is -0.0717. The number of aromatic amines is 1. The molecule has 1 atom stereocenters. The van der Waals surface area contributed by atoms with Crippen LogP contribution in [0.2, 0.25) is 0 Å². The van der Waals surface area contributed by atoms with Gasteiger partial charge >= 0.3 is 0 Å². The Morgan fingerprint density at radius 1 is 1.17 bits per heavy atom. The lowest BCUT2D eigenvalue weighted by Gasteiger charge is -2.32. The molecule has 3 aromatic rings. The number of H-pyrrole nitrogens is 1. The average molecular weight is 392 g/mol. The molecule has 152 valence electrons. The van der Waals surface area contributed by atoms with E-state index in [9.17, 15) is 4.79 Å². The number of aromatic nitrogens is 1.